The van der Waals surface area contributed by atoms with Crippen molar-refractivity contribution < 1.29 is 19.1 Å². The fourth-order valence-electron chi connectivity index (χ4n) is 3.69. The van der Waals surface area contributed by atoms with Crippen molar-refractivity contribution in [2.45, 2.75) is 12.5 Å². The molecule has 1 fully saturated rings. The van der Waals surface area contributed by atoms with Crippen LogP contribution in [0.2, 0.25) is 0 Å². The maximum Gasteiger partial charge on any atom is 0.273 e. The van der Waals surface area contributed by atoms with Crippen LogP contribution < -0.4 is 9.47 Å². The van der Waals surface area contributed by atoms with Crippen LogP contribution in [0.5, 0.6) is 11.5 Å². The Morgan fingerprint density at radius 2 is 2.04 bits per heavy atom. The molecule has 0 saturated carbocycles. The first-order chi connectivity index (χ1) is 12.6. The summed E-state index contributed by atoms with van der Waals surface area (Å²) in [5.74, 6) is 1.07. The number of ether oxygens (including phenoxy) is 2. The fraction of sp³-hybridized carbons (Fsp3) is 0.389. The molecule has 4 rings (SSSR count). The van der Waals surface area contributed by atoms with Gasteiger partial charge in [-0.3, -0.25) is 9.59 Å². The van der Waals surface area contributed by atoms with Gasteiger partial charge in [-0.2, -0.15) is 0 Å². The summed E-state index contributed by atoms with van der Waals surface area (Å²) in [6, 6.07) is 3.72. The van der Waals surface area contributed by atoms with Crippen LogP contribution in [0.15, 0.2) is 23.0 Å². The summed E-state index contributed by atoms with van der Waals surface area (Å²) in [6.07, 6.45) is 0.762. The molecule has 0 unspecified atom stereocenters. The molecule has 3 heterocycles. The van der Waals surface area contributed by atoms with E-state index in [4.69, 9.17) is 9.47 Å². The summed E-state index contributed by atoms with van der Waals surface area (Å²) in [6.45, 7) is 1.19. The van der Waals surface area contributed by atoms with E-state index in [-0.39, 0.29) is 24.4 Å². The van der Waals surface area contributed by atoms with Gasteiger partial charge in [-0.05, 0) is 29.7 Å². The third kappa shape index (κ3) is 2.70. The van der Waals surface area contributed by atoms with E-state index in [1.54, 1.807) is 30.0 Å². The molecule has 2 aromatic rings. The van der Waals surface area contributed by atoms with E-state index in [1.165, 1.54) is 11.3 Å². The Labute approximate surface area is 155 Å². The second kappa shape index (κ2) is 6.60. The van der Waals surface area contributed by atoms with Crippen molar-refractivity contribution in [3.05, 3.63) is 39.8 Å². The first-order valence-electron chi connectivity index (χ1n) is 8.34. The van der Waals surface area contributed by atoms with Crippen molar-refractivity contribution in [2.75, 3.05) is 33.9 Å². The quantitative estimate of drug-likeness (QED) is 0.820. The van der Waals surface area contributed by atoms with E-state index < -0.39 is 0 Å². The fourth-order valence-corrected chi connectivity index (χ4v) is 4.21. The number of methoxy groups -OCH3 is 2. The van der Waals surface area contributed by atoms with Gasteiger partial charge in [0.15, 0.2) is 11.5 Å². The molecule has 8 heteroatoms. The maximum absolute atomic E-state index is 12.7. The van der Waals surface area contributed by atoms with Crippen LogP contribution in [-0.2, 0) is 11.2 Å². The normalized spacial score (nSPS) is 19.0. The Balaban J connectivity index is 1.69. The van der Waals surface area contributed by atoms with Gasteiger partial charge in [0.25, 0.3) is 5.91 Å². The lowest BCUT2D eigenvalue weighted by Gasteiger charge is -2.44. The summed E-state index contributed by atoms with van der Waals surface area (Å²) >= 11 is 1.37. The summed E-state index contributed by atoms with van der Waals surface area (Å²) in [7, 11) is 3.20. The smallest absolute Gasteiger partial charge is 0.273 e. The number of hydrogen-bond donors (Lipinski definition) is 0. The zero-order valence-electron chi connectivity index (χ0n) is 14.6. The topological polar surface area (TPSA) is 72.0 Å². The molecule has 136 valence electrons. The standard InChI is InChI=1S/C18H19N3O4S/c1-24-15-5-11-3-4-21-14(12(11)6-16(15)25-2)7-20(8-17(21)22)18(23)13-9-26-10-19-13/h5-6,9-10,14H,3-4,7-8H2,1-2H3/t14-/m0/s1. The molecular formula is C18H19N3O4S. The third-order valence-electron chi connectivity index (χ3n) is 4.98. The number of amides is 2. The number of nitrogens with zero attached hydrogens (tertiary/aromatic N) is 3. The summed E-state index contributed by atoms with van der Waals surface area (Å²) in [4.78, 5) is 32.9. The van der Waals surface area contributed by atoms with Gasteiger partial charge in [0.1, 0.15) is 12.2 Å². The summed E-state index contributed by atoms with van der Waals surface area (Å²) < 4.78 is 10.8. The Bertz CT molecular complexity index is 852. The molecule has 1 atom stereocenters. The van der Waals surface area contributed by atoms with E-state index in [2.05, 4.69) is 4.98 Å². The van der Waals surface area contributed by atoms with Crippen LogP contribution >= 0.6 is 11.3 Å². The van der Waals surface area contributed by atoms with Gasteiger partial charge < -0.3 is 19.3 Å². The highest BCUT2D eigenvalue weighted by molar-refractivity contribution is 7.07. The average Bonchev–Trinajstić information content (AvgIpc) is 3.20. The molecule has 0 aliphatic carbocycles. The molecule has 0 spiro atoms. The molecule has 0 radical (unpaired) electrons. The number of carbonyl (C=O) groups excluding carboxylic acids is 2. The Hall–Kier alpha value is -2.61. The Kier molecular flexibility index (Phi) is 4.28. The largest absolute Gasteiger partial charge is 0.493 e. The first-order valence-corrected chi connectivity index (χ1v) is 9.28. The van der Waals surface area contributed by atoms with Crippen LogP contribution in [0.4, 0.5) is 0 Å². The second-order valence-electron chi connectivity index (χ2n) is 6.32. The molecule has 0 bridgehead atoms. The lowest BCUT2D eigenvalue weighted by atomic mass is 9.90. The number of thiazole rings is 1. The van der Waals surface area contributed by atoms with Crippen LogP contribution in [0, 0.1) is 0 Å². The highest BCUT2D eigenvalue weighted by atomic mass is 32.1. The third-order valence-corrected chi connectivity index (χ3v) is 5.57. The minimum Gasteiger partial charge on any atom is -0.493 e. The molecular weight excluding hydrogens is 354 g/mol. The first kappa shape index (κ1) is 16.8. The summed E-state index contributed by atoms with van der Waals surface area (Å²) in [5, 5.41) is 1.71. The number of rotatable bonds is 3. The monoisotopic (exact) mass is 373 g/mol. The number of carbonyl (C=O) groups is 2. The number of fused-ring (bicyclic) bond motifs is 3. The lowest BCUT2D eigenvalue weighted by molar-refractivity contribution is -0.139. The molecule has 2 aliphatic rings. The minimum atomic E-state index is -0.202. The molecule has 1 saturated heterocycles. The minimum absolute atomic E-state index is 0.0368. The van der Waals surface area contributed by atoms with Crippen LogP contribution in [-0.4, -0.2) is 60.5 Å². The molecule has 2 amide bonds. The summed E-state index contributed by atoms with van der Waals surface area (Å²) in [5.41, 5.74) is 4.15. The predicted molar refractivity (Wildman–Crippen MR) is 95.7 cm³/mol. The van der Waals surface area contributed by atoms with Crippen molar-refractivity contribution in [1.82, 2.24) is 14.8 Å². The van der Waals surface area contributed by atoms with Crippen LogP contribution in [0.3, 0.4) is 0 Å². The van der Waals surface area contributed by atoms with Crippen molar-refractivity contribution in [1.29, 1.82) is 0 Å². The van der Waals surface area contributed by atoms with Gasteiger partial charge in [0.05, 0.1) is 25.8 Å². The highest BCUT2D eigenvalue weighted by Crippen LogP contribution is 2.39. The van der Waals surface area contributed by atoms with E-state index in [0.29, 0.717) is 30.3 Å². The van der Waals surface area contributed by atoms with E-state index in [0.717, 1.165) is 17.5 Å². The van der Waals surface area contributed by atoms with Crippen molar-refractivity contribution in [3.8, 4) is 11.5 Å². The van der Waals surface area contributed by atoms with E-state index in [9.17, 15) is 9.59 Å². The average molecular weight is 373 g/mol. The maximum atomic E-state index is 12.7. The molecule has 2 aliphatic heterocycles. The van der Waals surface area contributed by atoms with E-state index >= 15 is 0 Å². The van der Waals surface area contributed by atoms with E-state index in [1.807, 2.05) is 17.0 Å². The zero-order chi connectivity index (χ0) is 18.3. The van der Waals surface area contributed by atoms with Gasteiger partial charge in [-0.15, -0.1) is 11.3 Å². The van der Waals surface area contributed by atoms with Gasteiger partial charge in [0.2, 0.25) is 5.91 Å². The highest BCUT2D eigenvalue weighted by Gasteiger charge is 2.39. The number of benzene rings is 1. The molecule has 1 aromatic heterocycles. The number of aromatic nitrogens is 1. The molecule has 26 heavy (non-hydrogen) atoms. The molecule has 1 aromatic carbocycles. The molecule has 0 N–H and O–H groups in total. The Morgan fingerprint density at radius 3 is 2.73 bits per heavy atom. The predicted octanol–water partition coefficient (Wildman–Crippen LogP) is 1.74. The van der Waals surface area contributed by atoms with Gasteiger partial charge in [-0.25, -0.2) is 4.98 Å². The van der Waals surface area contributed by atoms with Gasteiger partial charge in [-0.1, -0.05) is 0 Å². The number of piperazine rings is 1. The Morgan fingerprint density at radius 1 is 1.27 bits per heavy atom. The zero-order valence-corrected chi connectivity index (χ0v) is 15.4. The second-order valence-corrected chi connectivity index (χ2v) is 7.04. The molecule has 7 nitrogen and oxygen atoms in total. The SMILES string of the molecule is COc1cc2c(cc1OC)[C@@H]1CN(C(=O)c3cscn3)CC(=O)N1CC2. The van der Waals surface area contributed by atoms with Gasteiger partial charge >= 0.3 is 0 Å². The van der Waals surface area contributed by atoms with Crippen molar-refractivity contribution in [2.24, 2.45) is 0 Å². The van der Waals surface area contributed by atoms with Crippen molar-refractivity contribution >= 4 is 23.2 Å². The van der Waals surface area contributed by atoms with Gasteiger partial charge in [0, 0.05) is 18.5 Å². The van der Waals surface area contributed by atoms with Crippen molar-refractivity contribution in [3.63, 3.8) is 0 Å². The lowest BCUT2D eigenvalue weighted by Crippen LogP contribution is -2.55. The number of hydrogen-bond acceptors (Lipinski definition) is 6. The van der Waals surface area contributed by atoms with Crippen LogP contribution in [0.1, 0.15) is 27.7 Å². The van der Waals surface area contributed by atoms with Crippen LogP contribution in [0.25, 0.3) is 0 Å².